The van der Waals surface area contributed by atoms with E-state index in [1.165, 1.54) is 5.56 Å². The fraction of sp³-hybridized carbons (Fsp3) is 0.190. The van der Waals surface area contributed by atoms with Crippen molar-refractivity contribution in [1.29, 1.82) is 0 Å². The number of nitrogens with two attached hydrogens (primary N) is 1. The van der Waals surface area contributed by atoms with E-state index in [0.717, 1.165) is 16.1 Å². The van der Waals surface area contributed by atoms with E-state index < -0.39 is 0 Å². The molecule has 0 saturated carbocycles. The molecule has 0 atom stereocenters. The van der Waals surface area contributed by atoms with Crippen LogP contribution < -0.4 is 11.3 Å². The molecule has 0 bridgehead atoms. The lowest BCUT2D eigenvalue weighted by molar-refractivity contribution is 0.864. The number of nitrogen functional groups attached to an aromatic ring is 1. The lowest BCUT2D eigenvalue weighted by Crippen LogP contribution is -2.22. The van der Waals surface area contributed by atoms with Gasteiger partial charge < -0.3 is 5.73 Å². The van der Waals surface area contributed by atoms with Crippen LogP contribution in [-0.4, -0.2) is 26.0 Å². The predicted octanol–water partition coefficient (Wildman–Crippen LogP) is 4.20. The standard InChI is InChI=1S/C21H21N5OS/c1-12(2)13-4-8-15(9-5-13)26-20(14-6-10-16(28-3)11-7-14)23-19-17(21(26)27)18(22)24-25-19/h4-12H,1-3H3,(H3,22,24,25). The van der Waals surface area contributed by atoms with Gasteiger partial charge in [0.15, 0.2) is 11.5 Å². The SMILES string of the molecule is CSc1ccc(-c2nc3[nH]nc(N)c3c(=O)n2-c2ccc(C(C)C)cc2)cc1. The maximum atomic E-state index is 13.3. The van der Waals surface area contributed by atoms with Gasteiger partial charge in [0.25, 0.3) is 5.56 Å². The Morgan fingerprint density at radius 3 is 2.36 bits per heavy atom. The van der Waals surface area contributed by atoms with Gasteiger partial charge in [-0.1, -0.05) is 38.1 Å². The van der Waals surface area contributed by atoms with E-state index in [4.69, 9.17) is 5.73 Å². The van der Waals surface area contributed by atoms with Gasteiger partial charge in [0.1, 0.15) is 11.2 Å². The van der Waals surface area contributed by atoms with Crippen LogP contribution in [0, 0.1) is 0 Å². The number of thioether (sulfide) groups is 1. The summed E-state index contributed by atoms with van der Waals surface area (Å²) in [6, 6.07) is 15.9. The molecule has 3 N–H and O–H groups in total. The highest BCUT2D eigenvalue weighted by Gasteiger charge is 2.18. The number of H-pyrrole nitrogens is 1. The number of fused-ring (bicyclic) bond motifs is 1. The minimum atomic E-state index is -0.238. The highest BCUT2D eigenvalue weighted by Crippen LogP contribution is 2.26. The number of hydrogen-bond donors (Lipinski definition) is 2. The second kappa shape index (κ2) is 7.16. The number of anilines is 1. The van der Waals surface area contributed by atoms with E-state index in [1.54, 1.807) is 16.3 Å². The molecule has 6 nitrogen and oxygen atoms in total. The predicted molar refractivity (Wildman–Crippen MR) is 115 cm³/mol. The van der Waals surface area contributed by atoms with E-state index in [1.807, 2.05) is 54.8 Å². The van der Waals surface area contributed by atoms with E-state index >= 15 is 0 Å². The molecule has 0 aliphatic carbocycles. The van der Waals surface area contributed by atoms with Crippen molar-refractivity contribution in [3.8, 4) is 17.1 Å². The second-order valence-electron chi connectivity index (χ2n) is 6.88. The molecule has 0 saturated heterocycles. The topological polar surface area (TPSA) is 89.6 Å². The van der Waals surface area contributed by atoms with Gasteiger partial charge in [-0.3, -0.25) is 14.5 Å². The maximum Gasteiger partial charge on any atom is 0.271 e. The Hall–Kier alpha value is -3.06. The highest BCUT2D eigenvalue weighted by molar-refractivity contribution is 7.98. The Kier molecular flexibility index (Phi) is 4.68. The smallest absolute Gasteiger partial charge is 0.271 e. The fourth-order valence-corrected chi connectivity index (χ4v) is 3.59. The first-order valence-electron chi connectivity index (χ1n) is 9.01. The molecule has 142 valence electrons. The summed E-state index contributed by atoms with van der Waals surface area (Å²) in [6.45, 7) is 4.28. The number of aromatic amines is 1. The van der Waals surface area contributed by atoms with Crippen molar-refractivity contribution in [3.05, 3.63) is 64.4 Å². The molecule has 0 unspecified atom stereocenters. The lowest BCUT2D eigenvalue weighted by Gasteiger charge is -2.14. The molecule has 2 aromatic carbocycles. The average molecular weight is 392 g/mol. The monoisotopic (exact) mass is 391 g/mol. The fourth-order valence-electron chi connectivity index (χ4n) is 3.18. The van der Waals surface area contributed by atoms with Crippen molar-refractivity contribution >= 4 is 28.6 Å². The van der Waals surface area contributed by atoms with Crippen molar-refractivity contribution < 1.29 is 0 Å². The van der Waals surface area contributed by atoms with Gasteiger partial charge in [0.2, 0.25) is 0 Å². The number of aromatic nitrogens is 4. The van der Waals surface area contributed by atoms with Crippen LogP contribution in [0.4, 0.5) is 5.82 Å². The van der Waals surface area contributed by atoms with E-state index in [2.05, 4.69) is 29.0 Å². The molecule has 7 heteroatoms. The summed E-state index contributed by atoms with van der Waals surface area (Å²) < 4.78 is 1.60. The largest absolute Gasteiger partial charge is 0.381 e. The Labute approximate surface area is 166 Å². The van der Waals surface area contributed by atoms with Crippen LogP contribution in [0.2, 0.25) is 0 Å². The number of nitrogens with one attached hydrogen (secondary N) is 1. The summed E-state index contributed by atoms with van der Waals surface area (Å²) in [7, 11) is 0. The summed E-state index contributed by atoms with van der Waals surface area (Å²) in [4.78, 5) is 19.1. The van der Waals surface area contributed by atoms with Crippen molar-refractivity contribution in [2.45, 2.75) is 24.7 Å². The van der Waals surface area contributed by atoms with Gasteiger partial charge in [-0.25, -0.2) is 4.98 Å². The Morgan fingerprint density at radius 2 is 1.75 bits per heavy atom. The summed E-state index contributed by atoms with van der Waals surface area (Å²) in [5, 5.41) is 7.03. The molecule has 4 rings (SSSR count). The molecular weight excluding hydrogens is 370 g/mol. The van der Waals surface area contributed by atoms with Crippen molar-refractivity contribution in [1.82, 2.24) is 19.7 Å². The maximum absolute atomic E-state index is 13.3. The Balaban J connectivity index is 1.99. The van der Waals surface area contributed by atoms with Gasteiger partial charge in [-0.15, -0.1) is 11.8 Å². The van der Waals surface area contributed by atoms with Crippen LogP contribution in [0.15, 0.2) is 58.2 Å². The molecule has 4 aromatic rings. The molecular formula is C21H21N5OS. The number of rotatable bonds is 4. The molecule has 0 fully saturated rings. The zero-order valence-corrected chi connectivity index (χ0v) is 16.7. The van der Waals surface area contributed by atoms with Crippen LogP contribution in [0.3, 0.4) is 0 Å². The minimum Gasteiger partial charge on any atom is -0.381 e. The highest BCUT2D eigenvalue weighted by atomic mass is 32.2. The van der Waals surface area contributed by atoms with E-state index in [-0.39, 0.29) is 11.4 Å². The first-order chi connectivity index (χ1) is 13.5. The molecule has 0 aliphatic rings. The van der Waals surface area contributed by atoms with Gasteiger partial charge in [-0.2, -0.15) is 5.10 Å². The number of benzene rings is 2. The summed E-state index contributed by atoms with van der Waals surface area (Å²) in [6.07, 6.45) is 2.03. The lowest BCUT2D eigenvalue weighted by atomic mass is 10.0. The first-order valence-corrected chi connectivity index (χ1v) is 10.2. The van der Waals surface area contributed by atoms with Crippen LogP contribution in [-0.2, 0) is 0 Å². The van der Waals surface area contributed by atoms with Crippen molar-refractivity contribution in [2.75, 3.05) is 12.0 Å². The molecule has 28 heavy (non-hydrogen) atoms. The molecule has 0 spiro atoms. The molecule has 0 amide bonds. The van der Waals surface area contributed by atoms with Gasteiger partial charge >= 0.3 is 0 Å². The third-order valence-corrected chi connectivity index (χ3v) is 5.53. The normalized spacial score (nSPS) is 11.4. The van der Waals surface area contributed by atoms with Crippen molar-refractivity contribution in [2.24, 2.45) is 0 Å². The zero-order chi connectivity index (χ0) is 19.8. The summed E-state index contributed by atoms with van der Waals surface area (Å²) >= 11 is 1.66. The van der Waals surface area contributed by atoms with Crippen LogP contribution in [0.25, 0.3) is 28.1 Å². The van der Waals surface area contributed by atoms with Crippen LogP contribution in [0.5, 0.6) is 0 Å². The molecule has 2 heterocycles. The van der Waals surface area contributed by atoms with E-state index in [9.17, 15) is 4.79 Å². The average Bonchev–Trinajstić information content (AvgIpc) is 3.09. The van der Waals surface area contributed by atoms with E-state index in [0.29, 0.717) is 22.8 Å². The van der Waals surface area contributed by atoms with Gasteiger partial charge in [0, 0.05) is 10.5 Å². The summed E-state index contributed by atoms with van der Waals surface area (Å²) in [5.41, 5.74) is 8.86. The molecule has 0 aliphatic heterocycles. The Morgan fingerprint density at radius 1 is 1.07 bits per heavy atom. The molecule has 0 radical (unpaired) electrons. The number of hydrogen-bond acceptors (Lipinski definition) is 5. The quantitative estimate of drug-likeness (QED) is 0.509. The van der Waals surface area contributed by atoms with Crippen LogP contribution >= 0.6 is 11.8 Å². The van der Waals surface area contributed by atoms with Gasteiger partial charge in [0.05, 0.1) is 5.69 Å². The van der Waals surface area contributed by atoms with Crippen molar-refractivity contribution in [3.63, 3.8) is 0 Å². The van der Waals surface area contributed by atoms with Gasteiger partial charge in [-0.05, 0) is 42.0 Å². The third-order valence-electron chi connectivity index (χ3n) is 4.79. The zero-order valence-electron chi connectivity index (χ0n) is 15.9. The third kappa shape index (κ3) is 3.07. The summed E-state index contributed by atoms with van der Waals surface area (Å²) in [5.74, 6) is 1.12. The minimum absolute atomic E-state index is 0.157. The number of nitrogens with zero attached hydrogens (tertiary/aromatic N) is 3. The first kappa shape index (κ1) is 18.3. The Bertz CT molecular complexity index is 1190. The second-order valence-corrected chi connectivity index (χ2v) is 7.76. The molecule has 2 aromatic heterocycles. The van der Waals surface area contributed by atoms with Crippen LogP contribution in [0.1, 0.15) is 25.3 Å².